The number of hydrogen-bond acceptors (Lipinski definition) is 4. The first-order valence-electron chi connectivity index (χ1n) is 9.23. The molecular formula is C22H18F2N2O4. The van der Waals surface area contributed by atoms with E-state index in [1.54, 1.807) is 24.3 Å². The molecule has 0 saturated carbocycles. The lowest BCUT2D eigenvalue weighted by atomic mass is 10.1. The Balaban J connectivity index is 1.34. The van der Waals surface area contributed by atoms with Crippen molar-refractivity contribution < 1.29 is 27.9 Å². The van der Waals surface area contributed by atoms with Crippen molar-refractivity contribution in [1.82, 2.24) is 10.2 Å². The van der Waals surface area contributed by atoms with E-state index in [-0.39, 0.29) is 49.6 Å². The van der Waals surface area contributed by atoms with E-state index in [9.17, 15) is 23.2 Å². The monoisotopic (exact) mass is 412 g/mol. The minimum absolute atomic E-state index is 0.0705. The summed E-state index contributed by atoms with van der Waals surface area (Å²) in [4.78, 5) is 37.4. The maximum Gasteiger partial charge on any atom is 0.261 e. The molecular weight excluding hydrogens is 394 g/mol. The highest BCUT2D eigenvalue weighted by Gasteiger charge is 2.34. The summed E-state index contributed by atoms with van der Waals surface area (Å²) in [6.45, 7) is 0.113. The van der Waals surface area contributed by atoms with E-state index < -0.39 is 11.6 Å². The van der Waals surface area contributed by atoms with E-state index in [0.29, 0.717) is 23.6 Å². The van der Waals surface area contributed by atoms with Crippen molar-refractivity contribution in [3.05, 3.63) is 65.2 Å². The molecule has 3 amide bonds. The number of ether oxygens (including phenoxy) is 1. The molecule has 0 unspecified atom stereocenters. The maximum atomic E-state index is 13.4. The standard InChI is InChI=1S/C22H18F2N2O4/c23-15-9-10-19(18(24)14-15)30-13-4-3-11-25-20(27)8-5-12-26-21(28)16-6-1-2-7-17(16)22(26)29/h1-2,6-7,9-10,14H,5,8,11-13H2,(H,25,27). The summed E-state index contributed by atoms with van der Waals surface area (Å²) in [5, 5.41) is 2.58. The largest absolute Gasteiger partial charge is 0.478 e. The molecule has 1 aliphatic heterocycles. The van der Waals surface area contributed by atoms with Crippen LogP contribution in [0.2, 0.25) is 0 Å². The minimum Gasteiger partial charge on any atom is -0.478 e. The predicted octanol–water partition coefficient (Wildman–Crippen LogP) is 2.54. The highest BCUT2D eigenvalue weighted by Crippen LogP contribution is 2.22. The van der Waals surface area contributed by atoms with Crippen LogP contribution in [0.15, 0.2) is 42.5 Å². The summed E-state index contributed by atoms with van der Waals surface area (Å²) in [5.41, 5.74) is 0.759. The molecule has 1 N–H and O–H groups in total. The summed E-state index contributed by atoms with van der Waals surface area (Å²) >= 11 is 0. The van der Waals surface area contributed by atoms with E-state index in [1.807, 2.05) is 0 Å². The van der Waals surface area contributed by atoms with Gasteiger partial charge < -0.3 is 10.1 Å². The molecule has 2 aromatic carbocycles. The van der Waals surface area contributed by atoms with Gasteiger partial charge in [-0.3, -0.25) is 19.3 Å². The fourth-order valence-corrected chi connectivity index (χ4v) is 2.89. The number of imide groups is 1. The molecule has 0 aliphatic carbocycles. The van der Waals surface area contributed by atoms with E-state index in [0.717, 1.165) is 11.0 Å². The van der Waals surface area contributed by atoms with Gasteiger partial charge in [-0.25, -0.2) is 8.78 Å². The molecule has 0 bridgehead atoms. The first-order valence-corrected chi connectivity index (χ1v) is 9.23. The van der Waals surface area contributed by atoms with Crippen LogP contribution in [0, 0.1) is 23.5 Å². The van der Waals surface area contributed by atoms with Gasteiger partial charge in [0.05, 0.1) is 17.7 Å². The number of nitrogens with zero attached hydrogens (tertiary/aromatic N) is 1. The van der Waals surface area contributed by atoms with Crippen molar-refractivity contribution in [2.24, 2.45) is 0 Å². The van der Waals surface area contributed by atoms with Crippen molar-refractivity contribution in [1.29, 1.82) is 0 Å². The smallest absolute Gasteiger partial charge is 0.261 e. The highest BCUT2D eigenvalue weighted by atomic mass is 19.1. The zero-order valence-electron chi connectivity index (χ0n) is 15.9. The summed E-state index contributed by atoms with van der Waals surface area (Å²) in [7, 11) is 0. The summed E-state index contributed by atoms with van der Waals surface area (Å²) in [6, 6.07) is 9.57. The number of amides is 3. The second kappa shape index (κ2) is 9.65. The lowest BCUT2D eigenvalue weighted by molar-refractivity contribution is -0.121. The number of rotatable bonds is 7. The molecule has 6 nitrogen and oxygen atoms in total. The lowest BCUT2D eigenvalue weighted by Gasteiger charge is -2.13. The first-order chi connectivity index (χ1) is 14.5. The summed E-state index contributed by atoms with van der Waals surface area (Å²) < 4.78 is 31.2. The zero-order chi connectivity index (χ0) is 21.5. The predicted molar refractivity (Wildman–Crippen MR) is 104 cm³/mol. The Bertz CT molecular complexity index is 1010. The Morgan fingerprint density at radius 2 is 1.73 bits per heavy atom. The van der Waals surface area contributed by atoms with Gasteiger partial charge in [-0.05, 0) is 30.7 Å². The number of benzene rings is 2. The fourth-order valence-electron chi connectivity index (χ4n) is 2.89. The molecule has 30 heavy (non-hydrogen) atoms. The van der Waals surface area contributed by atoms with Gasteiger partial charge in [-0.1, -0.05) is 24.0 Å². The van der Waals surface area contributed by atoms with Crippen molar-refractivity contribution in [2.45, 2.75) is 12.8 Å². The van der Waals surface area contributed by atoms with Gasteiger partial charge in [-0.15, -0.1) is 0 Å². The summed E-state index contributed by atoms with van der Waals surface area (Å²) in [5.74, 6) is 2.67. The Morgan fingerprint density at radius 1 is 1.03 bits per heavy atom. The van der Waals surface area contributed by atoms with Crippen LogP contribution in [-0.4, -0.2) is 42.3 Å². The van der Waals surface area contributed by atoms with Crippen molar-refractivity contribution >= 4 is 17.7 Å². The number of nitrogens with one attached hydrogen (secondary N) is 1. The van der Waals surface area contributed by atoms with Gasteiger partial charge in [0.2, 0.25) is 5.91 Å². The highest BCUT2D eigenvalue weighted by molar-refractivity contribution is 6.21. The number of fused-ring (bicyclic) bond motifs is 1. The topological polar surface area (TPSA) is 75.7 Å². The van der Waals surface area contributed by atoms with E-state index in [1.165, 1.54) is 6.07 Å². The normalized spacial score (nSPS) is 12.3. The molecule has 0 spiro atoms. The second-order valence-electron chi connectivity index (χ2n) is 6.40. The molecule has 0 fully saturated rings. The van der Waals surface area contributed by atoms with Crippen molar-refractivity contribution in [3.63, 3.8) is 0 Å². The molecule has 154 valence electrons. The van der Waals surface area contributed by atoms with Crippen LogP contribution in [0.1, 0.15) is 33.6 Å². The molecule has 1 aliphatic rings. The minimum atomic E-state index is -0.817. The quantitative estimate of drug-likeness (QED) is 0.560. The van der Waals surface area contributed by atoms with Crippen LogP contribution in [0.3, 0.4) is 0 Å². The third kappa shape index (κ3) is 5.00. The maximum absolute atomic E-state index is 13.4. The van der Waals surface area contributed by atoms with Crippen LogP contribution in [0.5, 0.6) is 5.75 Å². The van der Waals surface area contributed by atoms with Gasteiger partial charge in [0, 0.05) is 19.0 Å². The number of carbonyl (C=O) groups is 3. The Hall–Kier alpha value is -3.73. The second-order valence-corrected chi connectivity index (χ2v) is 6.40. The molecule has 0 radical (unpaired) electrons. The van der Waals surface area contributed by atoms with Gasteiger partial charge in [0.15, 0.2) is 11.6 Å². The zero-order valence-corrected chi connectivity index (χ0v) is 15.9. The van der Waals surface area contributed by atoms with Crippen molar-refractivity contribution in [3.8, 4) is 17.6 Å². The Labute approximate surface area is 171 Å². The number of halogens is 2. The van der Waals surface area contributed by atoms with Gasteiger partial charge in [-0.2, -0.15) is 0 Å². The van der Waals surface area contributed by atoms with E-state index >= 15 is 0 Å². The molecule has 3 rings (SSSR count). The molecule has 0 saturated heterocycles. The molecule has 0 aromatic heterocycles. The SMILES string of the molecule is O=C(CCCN1C(=O)c2ccccc2C1=O)NCC#CCOc1ccc(F)cc1F. The summed E-state index contributed by atoms with van der Waals surface area (Å²) in [6.07, 6.45) is 0.462. The average Bonchev–Trinajstić information content (AvgIpc) is 2.97. The molecule has 0 atom stereocenters. The Kier molecular flexibility index (Phi) is 6.75. The Morgan fingerprint density at radius 3 is 2.40 bits per heavy atom. The van der Waals surface area contributed by atoms with Crippen LogP contribution in [-0.2, 0) is 4.79 Å². The fraction of sp³-hybridized carbons (Fsp3) is 0.227. The molecule has 1 heterocycles. The van der Waals surface area contributed by atoms with E-state index in [2.05, 4.69) is 17.2 Å². The van der Waals surface area contributed by atoms with Crippen LogP contribution in [0.25, 0.3) is 0 Å². The first kappa shape index (κ1) is 21.0. The third-order valence-electron chi connectivity index (χ3n) is 4.36. The molecule has 2 aromatic rings. The number of carbonyl (C=O) groups excluding carboxylic acids is 3. The van der Waals surface area contributed by atoms with Gasteiger partial charge in [0.1, 0.15) is 12.4 Å². The molecule has 8 heteroatoms. The van der Waals surface area contributed by atoms with Crippen LogP contribution >= 0.6 is 0 Å². The lowest BCUT2D eigenvalue weighted by Crippen LogP contribution is -2.32. The average molecular weight is 412 g/mol. The van der Waals surface area contributed by atoms with Gasteiger partial charge >= 0.3 is 0 Å². The van der Waals surface area contributed by atoms with Crippen molar-refractivity contribution in [2.75, 3.05) is 19.7 Å². The van der Waals surface area contributed by atoms with Crippen LogP contribution < -0.4 is 10.1 Å². The van der Waals surface area contributed by atoms with E-state index in [4.69, 9.17) is 4.74 Å². The third-order valence-corrected chi connectivity index (χ3v) is 4.36. The number of hydrogen-bond donors (Lipinski definition) is 1. The van der Waals surface area contributed by atoms with Crippen LogP contribution in [0.4, 0.5) is 8.78 Å². The van der Waals surface area contributed by atoms with Gasteiger partial charge in [0.25, 0.3) is 11.8 Å².